The molecule has 0 saturated heterocycles. The zero-order valence-electron chi connectivity index (χ0n) is 20.4. The molecular weight excluding hydrogens is 463 g/mol. The van der Waals surface area contributed by atoms with E-state index in [1.165, 1.54) is 33.5 Å². The summed E-state index contributed by atoms with van der Waals surface area (Å²) in [4.78, 5) is 31.3. The van der Waals surface area contributed by atoms with Crippen LogP contribution in [0.3, 0.4) is 0 Å². The topological polar surface area (TPSA) is 49.9 Å². The van der Waals surface area contributed by atoms with Crippen LogP contribution in [-0.2, 0) is 11.2 Å². The van der Waals surface area contributed by atoms with Crippen LogP contribution >= 0.6 is 11.3 Å². The molecule has 1 aliphatic rings. The van der Waals surface area contributed by atoms with Gasteiger partial charge in [0.2, 0.25) is 5.91 Å². The second-order valence-electron chi connectivity index (χ2n) is 8.97. The fourth-order valence-electron chi connectivity index (χ4n) is 4.59. The van der Waals surface area contributed by atoms with Gasteiger partial charge in [-0.1, -0.05) is 30.7 Å². The van der Waals surface area contributed by atoms with Crippen LogP contribution < -0.4 is 4.74 Å². The summed E-state index contributed by atoms with van der Waals surface area (Å²) in [5.74, 6) is -0.132. The van der Waals surface area contributed by atoms with Crippen LogP contribution in [0.25, 0.3) is 0 Å². The van der Waals surface area contributed by atoms with Crippen LogP contribution in [0.4, 0.5) is 4.39 Å². The molecular formula is C28H31FN2O3S. The van der Waals surface area contributed by atoms with Crippen molar-refractivity contribution in [3.8, 4) is 5.75 Å². The molecule has 0 N–H and O–H groups in total. The van der Waals surface area contributed by atoms with Crippen LogP contribution in [0, 0.1) is 19.7 Å². The maximum atomic E-state index is 13.7. The van der Waals surface area contributed by atoms with Crippen LogP contribution in [0.15, 0.2) is 53.9 Å². The molecule has 1 atom stereocenters. The van der Waals surface area contributed by atoms with Crippen LogP contribution in [0.1, 0.15) is 51.3 Å². The molecule has 0 bridgehead atoms. The van der Waals surface area contributed by atoms with Gasteiger partial charge in [0, 0.05) is 23.5 Å². The van der Waals surface area contributed by atoms with E-state index < -0.39 is 5.82 Å². The summed E-state index contributed by atoms with van der Waals surface area (Å²) in [6.45, 7) is 7.29. The number of ether oxygens (including phenoxy) is 1. The number of halogens is 1. The van der Waals surface area contributed by atoms with Crippen LogP contribution in [-0.4, -0.2) is 47.9 Å². The van der Waals surface area contributed by atoms with Gasteiger partial charge in [-0.3, -0.25) is 9.59 Å². The second-order valence-corrected chi connectivity index (χ2v) is 9.97. The van der Waals surface area contributed by atoms with Crippen molar-refractivity contribution in [2.45, 2.75) is 39.7 Å². The third kappa shape index (κ3) is 5.73. The van der Waals surface area contributed by atoms with Gasteiger partial charge >= 0.3 is 0 Å². The lowest BCUT2D eigenvalue weighted by molar-refractivity contribution is -0.135. The van der Waals surface area contributed by atoms with Crippen molar-refractivity contribution in [3.05, 3.63) is 86.9 Å². The van der Waals surface area contributed by atoms with E-state index in [-0.39, 0.29) is 30.0 Å². The second kappa shape index (κ2) is 11.0. The highest BCUT2D eigenvalue weighted by Gasteiger charge is 2.33. The summed E-state index contributed by atoms with van der Waals surface area (Å²) in [7, 11) is 0. The van der Waals surface area contributed by atoms with E-state index in [1.54, 1.807) is 17.4 Å². The van der Waals surface area contributed by atoms with Crippen molar-refractivity contribution < 1.29 is 18.7 Å². The maximum Gasteiger partial charge on any atom is 0.254 e. The lowest BCUT2D eigenvalue weighted by Gasteiger charge is -2.37. The first-order valence-corrected chi connectivity index (χ1v) is 12.9. The van der Waals surface area contributed by atoms with Gasteiger partial charge in [0.1, 0.15) is 24.7 Å². The molecule has 0 radical (unpaired) electrons. The highest BCUT2D eigenvalue weighted by atomic mass is 32.1. The number of benzene rings is 2. The van der Waals surface area contributed by atoms with Crippen molar-refractivity contribution in [2.24, 2.45) is 0 Å². The molecule has 4 rings (SSSR count). The van der Waals surface area contributed by atoms with Gasteiger partial charge in [0.15, 0.2) is 0 Å². The first-order chi connectivity index (χ1) is 16.9. The molecule has 0 saturated carbocycles. The predicted molar refractivity (Wildman–Crippen MR) is 136 cm³/mol. The minimum Gasteiger partial charge on any atom is -0.491 e. The van der Waals surface area contributed by atoms with Gasteiger partial charge in [-0.05, 0) is 73.5 Å². The van der Waals surface area contributed by atoms with Gasteiger partial charge < -0.3 is 14.5 Å². The van der Waals surface area contributed by atoms with Crippen molar-refractivity contribution >= 4 is 23.2 Å². The Morgan fingerprint density at radius 3 is 2.74 bits per heavy atom. The summed E-state index contributed by atoms with van der Waals surface area (Å²) in [6, 6.07) is 13.5. The van der Waals surface area contributed by atoms with E-state index in [0.717, 1.165) is 23.3 Å². The van der Waals surface area contributed by atoms with Gasteiger partial charge in [-0.2, -0.15) is 0 Å². The summed E-state index contributed by atoms with van der Waals surface area (Å²) >= 11 is 1.70. The quantitative estimate of drug-likeness (QED) is 0.412. The Morgan fingerprint density at radius 2 is 2.00 bits per heavy atom. The minimum absolute atomic E-state index is 0.0529. The molecule has 0 fully saturated rings. The summed E-state index contributed by atoms with van der Waals surface area (Å²) in [6.07, 6.45) is 1.48. The minimum atomic E-state index is -0.469. The Balaban J connectivity index is 1.53. The molecule has 7 heteroatoms. The highest BCUT2D eigenvalue weighted by Crippen LogP contribution is 2.34. The number of rotatable bonds is 8. The molecule has 2 aromatic carbocycles. The number of aryl methyl sites for hydroxylation is 2. The molecule has 3 aromatic rings. The zero-order valence-corrected chi connectivity index (χ0v) is 21.2. The third-order valence-electron chi connectivity index (χ3n) is 6.32. The smallest absolute Gasteiger partial charge is 0.254 e. The fourth-order valence-corrected chi connectivity index (χ4v) is 5.51. The van der Waals surface area contributed by atoms with Crippen molar-refractivity contribution in [1.82, 2.24) is 9.80 Å². The lowest BCUT2D eigenvalue weighted by atomic mass is 10.00. The Hall–Kier alpha value is -3.19. The van der Waals surface area contributed by atoms with Gasteiger partial charge in [-0.15, -0.1) is 11.3 Å². The average Bonchev–Trinajstić information content (AvgIpc) is 3.32. The van der Waals surface area contributed by atoms with E-state index in [0.29, 0.717) is 26.1 Å². The Morgan fingerprint density at radius 1 is 1.17 bits per heavy atom. The first-order valence-electron chi connectivity index (χ1n) is 12.0. The molecule has 2 amide bonds. The maximum absolute atomic E-state index is 13.7. The Bertz CT molecular complexity index is 1210. The number of hydrogen-bond donors (Lipinski definition) is 0. The molecule has 5 nitrogen and oxygen atoms in total. The molecule has 1 aliphatic heterocycles. The molecule has 2 heterocycles. The van der Waals surface area contributed by atoms with Crippen molar-refractivity contribution in [3.63, 3.8) is 0 Å². The summed E-state index contributed by atoms with van der Waals surface area (Å²) in [5, 5.41) is 2.06. The molecule has 184 valence electrons. The van der Waals surface area contributed by atoms with E-state index >= 15 is 0 Å². The van der Waals surface area contributed by atoms with Crippen molar-refractivity contribution in [1.29, 1.82) is 0 Å². The number of fused-ring (bicyclic) bond motifs is 1. The SMILES string of the molecule is CCCN(CC(=O)N1CCc2sccc2C1COc1ccc(C)cc1C)C(=O)c1cccc(F)c1. The molecule has 1 aromatic heterocycles. The fraction of sp³-hybridized carbons (Fsp3) is 0.357. The van der Waals surface area contributed by atoms with E-state index in [9.17, 15) is 14.0 Å². The predicted octanol–water partition coefficient (Wildman–Crippen LogP) is 5.56. The summed E-state index contributed by atoms with van der Waals surface area (Å²) in [5.41, 5.74) is 3.58. The van der Waals surface area contributed by atoms with Crippen LogP contribution in [0.5, 0.6) is 5.75 Å². The number of hydrogen-bond acceptors (Lipinski definition) is 4. The van der Waals surface area contributed by atoms with Crippen LogP contribution in [0.2, 0.25) is 0 Å². The highest BCUT2D eigenvalue weighted by molar-refractivity contribution is 7.10. The number of amides is 2. The van der Waals surface area contributed by atoms with Gasteiger partial charge in [0.05, 0.1) is 6.04 Å². The number of carbonyl (C=O) groups is 2. The molecule has 0 spiro atoms. The standard InChI is InChI=1S/C28H31FN2O3S/c1-4-12-30(28(33)21-6-5-7-22(29)16-21)17-27(32)31-13-10-26-23(11-14-35-26)24(31)18-34-25-9-8-19(2)15-20(25)3/h5-9,11,14-16,24H,4,10,12-13,17-18H2,1-3H3. The first kappa shape index (κ1) is 24.9. The number of carbonyl (C=O) groups excluding carboxylic acids is 2. The molecule has 1 unspecified atom stereocenters. The van der Waals surface area contributed by atoms with Crippen molar-refractivity contribution in [2.75, 3.05) is 26.2 Å². The molecule has 35 heavy (non-hydrogen) atoms. The monoisotopic (exact) mass is 494 g/mol. The Labute approximate surface area is 210 Å². The third-order valence-corrected chi connectivity index (χ3v) is 7.32. The Kier molecular flexibility index (Phi) is 7.86. The lowest BCUT2D eigenvalue weighted by Crippen LogP contribution is -2.48. The number of thiophene rings is 1. The van der Waals surface area contributed by atoms with E-state index in [4.69, 9.17) is 4.74 Å². The molecule has 0 aliphatic carbocycles. The van der Waals surface area contributed by atoms with E-state index in [2.05, 4.69) is 17.5 Å². The van der Waals surface area contributed by atoms with E-state index in [1.807, 2.05) is 37.8 Å². The normalized spacial score (nSPS) is 15.0. The average molecular weight is 495 g/mol. The number of nitrogens with zero attached hydrogens (tertiary/aromatic N) is 2. The largest absolute Gasteiger partial charge is 0.491 e. The van der Waals surface area contributed by atoms with Gasteiger partial charge in [-0.25, -0.2) is 4.39 Å². The summed E-state index contributed by atoms with van der Waals surface area (Å²) < 4.78 is 19.9. The zero-order chi connectivity index (χ0) is 24.9. The van der Waals surface area contributed by atoms with Gasteiger partial charge in [0.25, 0.3) is 5.91 Å².